The van der Waals surface area contributed by atoms with Crippen LogP contribution in [0, 0.1) is 5.82 Å². The van der Waals surface area contributed by atoms with Crippen molar-refractivity contribution in [2.75, 3.05) is 12.0 Å². The molecule has 0 bridgehead atoms. The van der Waals surface area contributed by atoms with Crippen LogP contribution in [0.5, 0.6) is 11.5 Å². The molecule has 0 atom stereocenters. The predicted molar refractivity (Wildman–Crippen MR) is 127 cm³/mol. The average Bonchev–Trinajstić information content (AvgIpc) is 3.07. The Kier molecular flexibility index (Phi) is 6.67. The summed E-state index contributed by atoms with van der Waals surface area (Å²) in [5.41, 5.74) is 1.77. The van der Waals surface area contributed by atoms with E-state index in [1.165, 1.54) is 19.2 Å². The molecular formula is C24H17BrClFN2O4. The highest BCUT2D eigenvalue weighted by atomic mass is 79.9. The Morgan fingerprint density at radius 2 is 1.85 bits per heavy atom. The molecule has 1 aliphatic heterocycles. The minimum absolute atomic E-state index is 0.103. The number of nitrogens with one attached hydrogen (secondary N) is 1. The maximum absolute atomic E-state index is 13.4. The molecule has 1 fully saturated rings. The van der Waals surface area contributed by atoms with Gasteiger partial charge in [-0.1, -0.05) is 39.7 Å². The van der Waals surface area contributed by atoms with Gasteiger partial charge in [-0.15, -0.1) is 0 Å². The van der Waals surface area contributed by atoms with E-state index >= 15 is 0 Å². The SMILES string of the molecule is COc1cc(/C=C2/NC(=O)N(c3ccc(Cl)cc3)C2=O)c(Br)cc1OCc1cccc(F)c1. The van der Waals surface area contributed by atoms with Crippen LogP contribution in [0.2, 0.25) is 5.02 Å². The number of benzene rings is 3. The van der Waals surface area contributed by atoms with E-state index in [-0.39, 0.29) is 18.1 Å². The number of amides is 3. The number of ether oxygens (including phenoxy) is 2. The highest BCUT2D eigenvalue weighted by molar-refractivity contribution is 9.10. The van der Waals surface area contributed by atoms with Crippen LogP contribution in [-0.2, 0) is 11.4 Å². The average molecular weight is 532 g/mol. The number of imide groups is 1. The fourth-order valence-corrected chi connectivity index (χ4v) is 3.80. The summed E-state index contributed by atoms with van der Waals surface area (Å²) >= 11 is 9.36. The first-order valence-electron chi connectivity index (χ1n) is 9.73. The van der Waals surface area contributed by atoms with E-state index in [0.29, 0.717) is 37.8 Å². The Balaban J connectivity index is 1.58. The molecule has 1 saturated heterocycles. The van der Waals surface area contributed by atoms with Crippen molar-refractivity contribution in [3.8, 4) is 11.5 Å². The van der Waals surface area contributed by atoms with Crippen molar-refractivity contribution in [2.45, 2.75) is 6.61 Å². The van der Waals surface area contributed by atoms with E-state index in [0.717, 1.165) is 4.90 Å². The third-order valence-corrected chi connectivity index (χ3v) is 5.77. The monoisotopic (exact) mass is 530 g/mol. The molecule has 1 aliphatic rings. The minimum Gasteiger partial charge on any atom is -0.493 e. The molecular weight excluding hydrogens is 515 g/mol. The summed E-state index contributed by atoms with van der Waals surface area (Å²) in [4.78, 5) is 26.3. The number of carbonyl (C=O) groups excluding carboxylic acids is 2. The van der Waals surface area contributed by atoms with Gasteiger partial charge in [0.15, 0.2) is 11.5 Å². The van der Waals surface area contributed by atoms with Crippen LogP contribution >= 0.6 is 27.5 Å². The van der Waals surface area contributed by atoms with Gasteiger partial charge >= 0.3 is 6.03 Å². The molecule has 0 saturated carbocycles. The molecule has 0 aromatic heterocycles. The van der Waals surface area contributed by atoms with Crippen molar-refractivity contribution >= 4 is 51.2 Å². The predicted octanol–water partition coefficient (Wildman–Crippen LogP) is 5.93. The number of urea groups is 1. The van der Waals surface area contributed by atoms with Gasteiger partial charge in [0.2, 0.25) is 0 Å². The molecule has 3 amide bonds. The summed E-state index contributed by atoms with van der Waals surface area (Å²) in [6.45, 7) is 0.144. The molecule has 4 rings (SSSR count). The van der Waals surface area contributed by atoms with Gasteiger partial charge in [0.1, 0.15) is 18.1 Å². The minimum atomic E-state index is -0.563. The van der Waals surface area contributed by atoms with Crippen LogP contribution in [0.1, 0.15) is 11.1 Å². The fourth-order valence-electron chi connectivity index (χ4n) is 3.24. The number of methoxy groups -OCH3 is 1. The molecule has 0 radical (unpaired) electrons. The number of nitrogens with zero attached hydrogens (tertiary/aromatic N) is 1. The fraction of sp³-hybridized carbons (Fsp3) is 0.0833. The van der Waals surface area contributed by atoms with Crippen LogP contribution in [0.4, 0.5) is 14.9 Å². The molecule has 3 aromatic carbocycles. The Morgan fingerprint density at radius 3 is 2.55 bits per heavy atom. The van der Waals surface area contributed by atoms with E-state index in [2.05, 4.69) is 21.2 Å². The van der Waals surface area contributed by atoms with Crippen LogP contribution < -0.4 is 19.7 Å². The second-order valence-corrected chi connectivity index (χ2v) is 8.34. The molecule has 168 valence electrons. The zero-order valence-corrected chi connectivity index (χ0v) is 19.6. The summed E-state index contributed by atoms with van der Waals surface area (Å²) < 4.78 is 25.2. The van der Waals surface area contributed by atoms with E-state index in [4.69, 9.17) is 21.1 Å². The van der Waals surface area contributed by atoms with Gasteiger partial charge in [0, 0.05) is 9.50 Å². The second kappa shape index (κ2) is 9.64. The first-order chi connectivity index (χ1) is 15.9. The number of halogens is 3. The van der Waals surface area contributed by atoms with Gasteiger partial charge in [-0.3, -0.25) is 4.79 Å². The summed E-state index contributed by atoms with van der Waals surface area (Å²) in [5.74, 6) is -0.00472. The Labute approximate surface area is 202 Å². The summed E-state index contributed by atoms with van der Waals surface area (Å²) in [6, 6.07) is 15.3. The van der Waals surface area contributed by atoms with Crippen molar-refractivity contribution in [1.82, 2.24) is 5.32 Å². The summed E-state index contributed by atoms with van der Waals surface area (Å²) in [6.07, 6.45) is 1.54. The highest BCUT2D eigenvalue weighted by Gasteiger charge is 2.35. The lowest BCUT2D eigenvalue weighted by atomic mass is 10.1. The molecule has 9 heteroatoms. The van der Waals surface area contributed by atoms with Crippen molar-refractivity contribution in [1.29, 1.82) is 0 Å². The summed E-state index contributed by atoms with van der Waals surface area (Å²) in [5, 5.41) is 3.08. The molecule has 0 spiro atoms. The molecule has 33 heavy (non-hydrogen) atoms. The molecule has 1 heterocycles. The molecule has 6 nitrogen and oxygen atoms in total. The van der Waals surface area contributed by atoms with E-state index in [9.17, 15) is 14.0 Å². The molecule has 3 aromatic rings. The lowest BCUT2D eigenvalue weighted by Crippen LogP contribution is -2.30. The Morgan fingerprint density at radius 1 is 1.09 bits per heavy atom. The Hall–Kier alpha value is -3.36. The smallest absolute Gasteiger partial charge is 0.333 e. The van der Waals surface area contributed by atoms with Crippen LogP contribution in [0.25, 0.3) is 6.08 Å². The zero-order chi connectivity index (χ0) is 23.5. The Bertz CT molecular complexity index is 1260. The lowest BCUT2D eigenvalue weighted by molar-refractivity contribution is -0.113. The standard InChI is InChI=1S/C24H17BrClFN2O4/c1-32-21-11-15(19(25)12-22(21)33-13-14-3-2-4-17(27)9-14)10-20-23(30)29(24(31)28-20)18-7-5-16(26)6-8-18/h2-12H,13H2,1H3,(H,28,31)/b20-10+. The van der Waals surface area contributed by atoms with Crippen molar-refractivity contribution < 1.29 is 23.5 Å². The summed E-state index contributed by atoms with van der Waals surface area (Å²) in [7, 11) is 1.49. The molecule has 1 N–H and O–H groups in total. The van der Waals surface area contributed by atoms with Gasteiger partial charge in [-0.2, -0.15) is 0 Å². The topological polar surface area (TPSA) is 67.9 Å². The molecule has 0 aliphatic carbocycles. The van der Waals surface area contributed by atoms with E-state index < -0.39 is 11.9 Å². The maximum Gasteiger partial charge on any atom is 0.333 e. The van der Waals surface area contributed by atoms with Crippen LogP contribution in [0.3, 0.4) is 0 Å². The largest absolute Gasteiger partial charge is 0.493 e. The third-order valence-electron chi connectivity index (χ3n) is 4.83. The second-order valence-electron chi connectivity index (χ2n) is 7.05. The number of hydrogen-bond acceptors (Lipinski definition) is 4. The van der Waals surface area contributed by atoms with Crippen LogP contribution in [0.15, 0.2) is 70.8 Å². The van der Waals surface area contributed by atoms with Gasteiger partial charge < -0.3 is 14.8 Å². The lowest BCUT2D eigenvalue weighted by Gasteiger charge is -2.13. The van der Waals surface area contributed by atoms with Crippen LogP contribution in [-0.4, -0.2) is 19.0 Å². The van der Waals surface area contributed by atoms with Crippen molar-refractivity contribution in [3.63, 3.8) is 0 Å². The van der Waals surface area contributed by atoms with Crippen molar-refractivity contribution in [2.24, 2.45) is 0 Å². The van der Waals surface area contributed by atoms with Gasteiger partial charge in [0.05, 0.1) is 12.8 Å². The molecule has 0 unspecified atom stereocenters. The zero-order valence-electron chi connectivity index (χ0n) is 17.3. The quantitative estimate of drug-likeness (QED) is 0.316. The number of hydrogen-bond donors (Lipinski definition) is 1. The van der Waals surface area contributed by atoms with Gasteiger partial charge in [0.25, 0.3) is 5.91 Å². The van der Waals surface area contributed by atoms with E-state index in [1.54, 1.807) is 54.6 Å². The number of rotatable bonds is 6. The highest BCUT2D eigenvalue weighted by Crippen LogP contribution is 2.35. The van der Waals surface area contributed by atoms with Gasteiger partial charge in [-0.05, 0) is 65.7 Å². The van der Waals surface area contributed by atoms with Crippen molar-refractivity contribution in [3.05, 3.63) is 92.8 Å². The first kappa shape index (κ1) is 22.8. The van der Waals surface area contributed by atoms with Gasteiger partial charge in [-0.25, -0.2) is 14.1 Å². The number of carbonyl (C=O) groups is 2. The maximum atomic E-state index is 13.4. The normalized spacial score (nSPS) is 14.5. The first-order valence-corrected chi connectivity index (χ1v) is 10.9. The third kappa shape index (κ3) is 5.02. The number of anilines is 1. The van der Waals surface area contributed by atoms with E-state index in [1.807, 2.05) is 0 Å².